The second-order valence-electron chi connectivity index (χ2n) is 4.26. The highest BCUT2D eigenvalue weighted by Crippen LogP contribution is 2.26. The van der Waals surface area contributed by atoms with Gasteiger partial charge < -0.3 is 15.2 Å². The van der Waals surface area contributed by atoms with Crippen LogP contribution in [0.3, 0.4) is 0 Å². The van der Waals surface area contributed by atoms with Gasteiger partial charge in [-0.05, 0) is 24.3 Å². The third kappa shape index (κ3) is 4.87. The molecule has 0 bridgehead atoms. The molecule has 0 unspecified atom stereocenters. The Balaban J connectivity index is 2.01. The number of pyridine rings is 1. The van der Waals surface area contributed by atoms with Gasteiger partial charge in [0.25, 0.3) is 0 Å². The van der Waals surface area contributed by atoms with E-state index in [1.54, 1.807) is 24.3 Å². The van der Waals surface area contributed by atoms with E-state index in [-0.39, 0.29) is 11.5 Å². The number of nitrogens with zero attached hydrogens (tertiary/aromatic N) is 1. The standard InChI is InChI=1S/C14H13F3N2O2/c15-14(16,17)9-21-13-4-2-1-3-12(13)19-7-10-5-6-11(20)8-18-10/h1-6,8,19-20H,7,9H2. The minimum absolute atomic E-state index is 0.0488. The number of halogens is 3. The van der Waals surface area contributed by atoms with E-state index < -0.39 is 12.8 Å². The summed E-state index contributed by atoms with van der Waals surface area (Å²) in [6.45, 7) is -1.05. The minimum atomic E-state index is -4.38. The summed E-state index contributed by atoms with van der Waals surface area (Å²) < 4.78 is 41.3. The van der Waals surface area contributed by atoms with Gasteiger partial charge in [0.2, 0.25) is 0 Å². The molecule has 0 radical (unpaired) electrons. The lowest BCUT2D eigenvalue weighted by molar-refractivity contribution is -0.153. The monoisotopic (exact) mass is 298 g/mol. The van der Waals surface area contributed by atoms with E-state index in [9.17, 15) is 13.2 Å². The molecule has 0 amide bonds. The summed E-state index contributed by atoms with van der Waals surface area (Å²) in [6, 6.07) is 9.45. The average Bonchev–Trinajstić information content (AvgIpc) is 2.44. The molecule has 21 heavy (non-hydrogen) atoms. The highest BCUT2D eigenvalue weighted by Gasteiger charge is 2.28. The minimum Gasteiger partial charge on any atom is -0.506 e. The second-order valence-corrected chi connectivity index (χ2v) is 4.26. The van der Waals surface area contributed by atoms with Gasteiger partial charge in [-0.25, -0.2) is 0 Å². The zero-order valence-electron chi connectivity index (χ0n) is 10.9. The van der Waals surface area contributed by atoms with Gasteiger partial charge in [-0.15, -0.1) is 0 Å². The van der Waals surface area contributed by atoms with E-state index in [0.29, 0.717) is 17.9 Å². The zero-order chi connectivity index (χ0) is 15.3. The summed E-state index contributed by atoms with van der Waals surface area (Å²) in [4.78, 5) is 3.97. The van der Waals surface area contributed by atoms with Gasteiger partial charge in [0.05, 0.1) is 24.1 Å². The molecule has 2 rings (SSSR count). The fourth-order valence-electron chi connectivity index (χ4n) is 1.61. The maximum absolute atomic E-state index is 12.2. The van der Waals surface area contributed by atoms with Gasteiger partial charge in [0.15, 0.2) is 6.61 Å². The maximum atomic E-state index is 12.2. The van der Waals surface area contributed by atoms with Crippen LogP contribution in [0.4, 0.5) is 18.9 Å². The van der Waals surface area contributed by atoms with Crippen molar-refractivity contribution in [1.82, 2.24) is 4.98 Å². The van der Waals surface area contributed by atoms with Crippen LogP contribution in [-0.2, 0) is 6.54 Å². The Kier molecular flexibility index (Phi) is 4.52. The van der Waals surface area contributed by atoms with Crippen LogP contribution in [0.1, 0.15) is 5.69 Å². The molecular weight excluding hydrogens is 285 g/mol. The average molecular weight is 298 g/mol. The molecule has 2 N–H and O–H groups in total. The van der Waals surface area contributed by atoms with E-state index >= 15 is 0 Å². The molecule has 0 saturated carbocycles. The van der Waals surface area contributed by atoms with Crippen LogP contribution < -0.4 is 10.1 Å². The number of aromatic hydroxyl groups is 1. The Labute approximate surface area is 119 Å². The van der Waals surface area contributed by atoms with Crippen molar-refractivity contribution in [3.8, 4) is 11.5 Å². The van der Waals surface area contributed by atoms with E-state index in [0.717, 1.165) is 0 Å². The Hall–Kier alpha value is -2.44. The van der Waals surface area contributed by atoms with E-state index in [2.05, 4.69) is 10.3 Å². The quantitative estimate of drug-likeness (QED) is 0.889. The lowest BCUT2D eigenvalue weighted by Crippen LogP contribution is -2.19. The number of alkyl halides is 3. The molecule has 0 atom stereocenters. The van der Waals surface area contributed by atoms with Gasteiger partial charge in [0, 0.05) is 0 Å². The van der Waals surface area contributed by atoms with Crippen LogP contribution in [0, 0.1) is 0 Å². The molecule has 0 saturated heterocycles. The molecule has 7 heteroatoms. The Morgan fingerprint density at radius 3 is 2.57 bits per heavy atom. The first-order chi connectivity index (χ1) is 9.94. The molecule has 0 aliphatic carbocycles. The fraction of sp³-hybridized carbons (Fsp3) is 0.214. The van der Waals surface area contributed by atoms with Gasteiger partial charge in [-0.3, -0.25) is 4.98 Å². The van der Waals surface area contributed by atoms with Crippen molar-refractivity contribution in [2.24, 2.45) is 0 Å². The SMILES string of the molecule is Oc1ccc(CNc2ccccc2OCC(F)(F)F)nc1. The first-order valence-electron chi connectivity index (χ1n) is 6.10. The van der Waals surface area contributed by atoms with Crippen LogP contribution in [0.2, 0.25) is 0 Å². The van der Waals surface area contributed by atoms with Gasteiger partial charge >= 0.3 is 6.18 Å². The number of aromatic nitrogens is 1. The Morgan fingerprint density at radius 1 is 1.14 bits per heavy atom. The van der Waals surface area contributed by atoms with E-state index in [1.807, 2.05) is 0 Å². The fourth-order valence-corrected chi connectivity index (χ4v) is 1.61. The summed E-state index contributed by atoms with van der Waals surface area (Å²) in [5.74, 6) is 0.168. The summed E-state index contributed by atoms with van der Waals surface area (Å²) in [6.07, 6.45) is -3.09. The van der Waals surface area contributed by atoms with Crippen molar-refractivity contribution in [1.29, 1.82) is 0 Å². The van der Waals surface area contributed by atoms with E-state index in [1.165, 1.54) is 18.3 Å². The summed E-state index contributed by atoms with van der Waals surface area (Å²) >= 11 is 0. The number of ether oxygens (including phenoxy) is 1. The first-order valence-corrected chi connectivity index (χ1v) is 6.10. The summed E-state index contributed by atoms with van der Waals surface area (Å²) in [7, 11) is 0. The summed E-state index contributed by atoms with van der Waals surface area (Å²) in [5.41, 5.74) is 1.08. The molecule has 4 nitrogen and oxygen atoms in total. The number of anilines is 1. The normalized spacial score (nSPS) is 11.2. The maximum Gasteiger partial charge on any atom is 0.422 e. The van der Waals surface area contributed by atoms with Crippen molar-refractivity contribution in [2.75, 3.05) is 11.9 Å². The van der Waals surface area contributed by atoms with Crippen LogP contribution in [0.5, 0.6) is 11.5 Å². The highest BCUT2D eigenvalue weighted by molar-refractivity contribution is 5.56. The molecule has 1 heterocycles. The molecule has 0 spiro atoms. The van der Waals surface area contributed by atoms with Crippen LogP contribution in [0.25, 0.3) is 0 Å². The second kappa shape index (κ2) is 6.34. The molecule has 1 aromatic heterocycles. The molecule has 1 aromatic carbocycles. The highest BCUT2D eigenvalue weighted by atomic mass is 19.4. The molecule has 2 aromatic rings. The lowest BCUT2D eigenvalue weighted by Gasteiger charge is -2.14. The van der Waals surface area contributed by atoms with Crippen LogP contribution in [-0.4, -0.2) is 22.9 Å². The number of rotatable bonds is 5. The third-order valence-electron chi connectivity index (χ3n) is 2.55. The molecular formula is C14H13F3N2O2. The number of benzene rings is 1. The Bertz CT molecular complexity index is 586. The lowest BCUT2D eigenvalue weighted by atomic mass is 10.2. The predicted molar refractivity (Wildman–Crippen MR) is 71.2 cm³/mol. The number of para-hydroxylation sites is 2. The predicted octanol–water partition coefficient (Wildman–Crippen LogP) is 3.34. The van der Waals surface area contributed by atoms with Crippen molar-refractivity contribution < 1.29 is 23.0 Å². The Morgan fingerprint density at radius 2 is 1.90 bits per heavy atom. The van der Waals surface area contributed by atoms with Gasteiger partial charge in [-0.1, -0.05) is 12.1 Å². The topological polar surface area (TPSA) is 54.4 Å². The van der Waals surface area contributed by atoms with Crippen molar-refractivity contribution in [3.63, 3.8) is 0 Å². The van der Waals surface area contributed by atoms with E-state index in [4.69, 9.17) is 9.84 Å². The van der Waals surface area contributed by atoms with Crippen molar-refractivity contribution in [2.45, 2.75) is 12.7 Å². The van der Waals surface area contributed by atoms with Crippen LogP contribution >= 0.6 is 0 Å². The molecule has 0 aliphatic heterocycles. The number of nitrogens with one attached hydrogen (secondary N) is 1. The zero-order valence-corrected chi connectivity index (χ0v) is 10.9. The third-order valence-corrected chi connectivity index (χ3v) is 2.55. The largest absolute Gasteiger partial charge is 0.506 e. The van der Waals surface area contributed by atoms with Gasteiger partial charge in [-0.2, -0.15) is 13.2 Å². The number of hydrogen-bond acceptors (Lipinski definition) is 4. The first kappa shape index (κ1) is 15.0. The molecule has 0 fully saturated rings. The van der Waals surface area contributed by atoms with Crippen molar-refractivity contribution in [3.05, 3.63) is 48.3 Å². The van der Waals surface area contributed by atoms with Crippen LogP contribution in [0.15, 0.2) is 42.6 Å². The van der Waals surface area contributed by atoms with Gasteiger partial charge in [0.1, 0.15) is 11.5 Å². The summed E-state index contributed by atoms with van der Waals surface area (Å²) in [5, 5.41) is 12.1. The molecule has 112 valence electrons. The smallest absolute Gasteiger partial charge is 0.422 e. The van der Waals surface area contributed by atoms with Crippen molar-refractivity contribution >= 4 is 5.69 Å². The number of hydrogen-bond donors (Lipinski definition) is 2. The molecule has 0 aliphatic rings.